The second kappa shape index (κ2) is 9.58. The number of nitrogens with zero attached hydrogens (tertiary/aromatic N) is 1. The van der Waals surface area contributed by atoms with E-state index in [4.69, 9.17) is 14.2 Å². The molecule has 3 atom stereocenters. The zero-order chi connectivity index (χ0) is 21.6. The normalized spacial score (nSPS) is 21.4. The van der Waals surface area contributed by atoms with Crippen LogP contribution < -0.4 is 0 Å². The van der Waals surface area contributed by atoms with E-state index in [9.17, 15) is 14.4 Å². The lowest BCUT2D eigenvalue weighted by atomic mass is 9.98. The van der Waals surface area contributed by atoms with Gasteiger partial charge in [0.25, 0.3) is 0 Å². The first-order valence-corrected chi connectivity index (χ1v) is 9.58. The summed E-state index contributed by atoms with van der Waals surface area (Å²) in [5.74, 6) is -2.06. The molecule has 1 amide bonds. The third-order valence-electron chi connectivity index (χ3n) is 4.61. The van der Waals surface area contributed by atoms with Gasteiger partial charge < -0.3 is 14.2 Å². The van der Waals surface area contributed by atoms with Crippen molar-refractivity contribution in [3.05, 3.63) is 48.6 Å². The molecule has 1 aliphatic rings. The minimum Gasteiger partial charge on any atom is -0.469 e. The van der Waals surface area contributed by atoms with Crippen molar-refractivity contribution in [2.24, 2.45) is 5.92 Å². The van der Waals surface area contributed by atoms with Crippen molar-refractivity contribution in [2.45, 2.75) is 57.9 Å². The molecule has 0 saturated carbocycles. The monoisotopic (exact) mass is 403 g/mol. The maximum Gasteiger partial charge on any atom is 0.411 e. The van der Waals surface area contributed by atoms with Crippen molar-refractivity contribution in [1.29, 1.82) is 0 Å². The fraction of sp³-hybridized carbons (Fsp3) is 0.500. The van der Waals surface area contributed by atoms with Gasteiger partial charge in [-0.2, -0.15) is 0 Å². The van der Waals surface area contributed by atoms with Crippen molar-refractivity contribution in [3.63, 3.8) is 0 Å². The zero-order valence-electron chi connectivity index (χ0n) is 17.4. The van der Waals surface area contributed by atoms with Gasteiger partial charge in [0.15, 0.2) is 0 Å². The first kappa shape index (κ1) is 22.5. The summed E-state index contributed by atoms with van der Waals surface area (Å²) < 4.78 is 15.8. The highest BCUT2D eigenvalue weighted by atomic mass is 16.6. The third kappa shape index (κ3) is 5.82. The maximum atomic E-state index is 13.0. The van der Waals surface area contributed by atoms with Gasteiger partial charge in [0, 0.05) is 6.04 Å². The highest BCUT2D eigenvalue weighted by molar-refractivity contribution is 5.89. The molecule has 29 heavy (non-hydrogen) atoms. The van der Waals surface area contributed by atoms with E-state index in [-0.39, 0.29) is 13.0 Å². The number of carbonyl (C=O) groups excluding carboxylic acids is 3. The number of hydrogen-bond donors (Lipinski definition) is 0. The molecular weight excluding hydrogens is 374 g/mol. The molecule has 7 nitrogen and oxygen atoms in total. The van der Waals surface area contributed by atoms with Crippen molar-refractivity contribution < 1.29 is 28.6 Å². The molecule has 0 radical (unpaired) electrons. The van der Waals surface area contributed by atoms with Gasteiger partial charge in [0.2, 0.25) is 0 Å². The lowest BCUT2D eigenvalue weighted by Crippen LogP contribution is -2.50. The average Bonchev–Trinajstić information content (AvgIpc) is 3.05. The Bertz CT molecular complexity index is 739. The minimum atomic E-state index is -1.12. The number of amides is 1. The highest BCUT2D eigenvalue weighted by Crippen LogP contribution is 2.35. The standard InChI is InChI=1S/C22H29NO6/c1-6-10-16-13-17(19(24)27-5)18(23(16)21(26)29-22(2,3)4)20(25)28-14-15-11-8-7-9-12-15/h6-9,11-12,16-18H,1,10,13-14H2,2-5H3/t16-,17-,18-/m0/s1. The van der Waals surface area contributed by atoms with Gasteiger partial charge in [-0.25, -0.2) is 9.59 Å². The van der Waals surface area contributed by atoms with Crippen LogP contribution in [0.1, 0.15) is 39.2 Å². The molecule has 0 spiro atoms. The Morgan fingerprint density at radius 3 is 2.38 bits per heavy atom. The molecule has 0 bridgehead atoms. The first-order chi connectivity index (χ1) is 13.7. The Labute approximate surface area is 171 Å². The number of rotatable bonds is 6. The van der Waals surface area contributed by atoms with Crippen molar-refractivity contribution in [2.75, 3.05) is 7.11 Å². The summed E-state index contributed by atoms with van der Waals surface area (Å²) in [6, 6.07) is 7.65. The van der Waals surface area contributed by atoms with Gasteiger partial charge in [-0.1, -0.05) is 36.4 Å². The molecule has 0 N–H and O–H groups in total. The summed E-state index contributed by atoms with van der Waals surface area (Å²) in [5, 5.41) is 0. The molecule has 0 unspecified atom stereocenters. The van der Waals surface area contributed by atoms with Crippen molar-refractivity contribution in [3.8, 4) is 0 Å². The molecule has 1 fully saturated rings. The molecular formula is C22H29NO6. The van der Waals surface area contributed by atoms with Crippen LogP contribution in [0.25, 0.3) is 0 Å². The summed E-state index contributed by atoms with van der Waals surface area (Å²) in [5.41, 5.74) is 0.0532. The molecule has 1 aliphatic heterocycles. The zero-order valence-corrected chi connectivity index (χ0v) is 17.4. The summed E-state index contributed by atoms with van der Waals surface area (Å²) in [6.07, 6.45) is 1.66. The molecule has 1 heterocycles. The molecule has 0 aliphatic carbocycles. The van der Waals surface area contributed by atoms with E-state index in [1.54, 1.807) is 26.8 Å². The van der Waals surface area contributed by atoms with Crippen LogP contribution in [0.5, 0.6) is 0 Å². The maximum absolute atomic E-state index is 13.0. The molecule has 158 valence electrons. The van der Waals surface area contributed by atoms with Crippen LogP contribution in [0.2, 0.25) is 0 Å². The predicted molar refractivity (Wildman–Crippen MR) is 107 cm³/mol. The number of benzene rings is 1. The first-order valence-electron chi connectivity index (χ1n) is 9.58. The van der Waals surface area contributed by atoms with Gasteiger partial charge in [0.1, 0.15) is 18.2 Å². The Kier molecular flexibility index (Phi) is 7.42. The Balaban J connectivity index is 2.30. The summed E-state index contributed by atoms with van der Waals surface area (Å²) in [7, 11) is 1.26. The van der Waals surface area contributed by atoms with Crippen molar-refractivity contribution in [1.82, 2.24) is 4.90 Å². The van der Waals surface area contributed by atoms with Gasteiger partial charge in [-0.3, -0.25) is 9.69 Å². The Morgan fingerprint density at radius 1 is 1.17 bits per heavy atom. The van der Waals surface area contributed by atoms with Gasteiger partial charge in [-0.05, 0) is 39.2 Å². The number of methoxy groups -OCH3 is 1. The molecule has 2 rings (SSSR count). The fourth-order valence-electron chi connectivity index (χ4n) is 3.40. The second-order valence-electron chi connectivity index (χ2n) is 7.97. The van der Waals surface area contributed by atoms with E-state index in [1.165, 1.54) is 12.0 Å². The van der Waals surface area contributed by atoms with E-state index >= 15 is 0 Å². The molecule has 1 aromatic carbocycles. The minimum absolute atomic E-state index is 0.0400. The van der Waals surface area contributed by atoms with Crippen LogP contribution >= 0.6 is 0 Å². The summed E-state index contributed by atoms with van der Waals surface area (Å²) in [6.45, 7) is 8.98. The SMILES string of the molecule is C=CC[C@H]1C[C@H](C(=O)OC)[C@@H](C(=O)OCc2ccccc2)N1C(=O)OC(C)(C)C. The lowest BCUT2D eigenvalue weighted by molar-refractivity contribution is -0.158. The largest absolute Gasteiger partial charge is 0.469 e. The Hall–Kier alpha value is -2.83. The van der Waals surface area contributed by atoms with E-state index < -0.39 is 41.6 Å². The molecule has 1 aromatic rings. The van der Waals surface area contributed by atoms with Crippen LogP contribution in [0.3, 0.4) is 0 Å². The number of likely N-dealkylation sites (tertiary alicyclic amines) is 1. The van der Waals surface area contributed by atoms with Gasteiger partial charge in [-0.15, -0.1) is 6.58 Å². The fourth-order valence-corrected chi connectivity index (χ4v) is 3.40. The van der Waals surface area contributed by atoms with Crippen LogP contribution in [0.15, 0.2) is 43.0 Å². The lowest BCUT2D eigenvalue weighted by Gasteiger charge is -2.31. The predicted octanol–water partition coefficient (Wildman–Crippen LogP) is 3.47. The summed E-state index contributed by atoms with van der Waals surface area (Å²) in [4.78, 5) is 39.6. The smallest absolute Gasteiger partial charge is 0.411 e. The number of esters is 2. The summed E-state index contributed by atoms with van der Waals surface area (Å²) >= 11 is 0. The molecule has 0 aromatic heterocycles. The van der Waals surface area contributed by atoms with Crippen LogP contribution in [-0.2, 0) is 30.4 Å². The number of hydrogen-bond acceptors (Lipinski definition) is 6. The quantitative estimate of drug-likeness (QED) is 0.411. The van der Waals surface area contributed by atoms with E-state index in [0.717, 1.165) is 5.56 Å². The Morgan fingerprint density at radius 2 is 1.83 bits per heavy atom. The van der Waals surface area contributed by atoms with Crippen molar-refractivity contribution >= 4 is 18.0 Å². The number of ether oxygens (including phenoxy) is 3. The van der Waals surface area contributed by atoms with Crippen LogP contribution in [0, 0.1) is 5.92 Å². The number of carbonyl (C=O) groups is 3. The third-order valence-corrected chi connectivity index (χ3v) is 4.61. The van der Waals surface area contributed by atoms with E-state index in [0.29, 0.717) is 6.42 Å². The van der Waals surface area contributed by atoms with Gasteiger partial charge in [0.05, 0.1) is 13.0 Å². The second-order valence-corrected chi connectivity index (χ2v) is 7.97. The molecule has 1 saturated heterocycles. The van der Waals surface area contributed by atoms with E-state index in [2.05, 4.69) is 6.58 Å². The van der Waals surface area contributed by atoms with Gasteiger partial charge >= 0.3 is 18.0 Å². The van der Waals surface area contributed by atoms with Crippen LogP contribution in [0.4, 0.5) is 4.79 Å². The topological polar surface area (TPSA) is 82.1 Å². The van der Waals surface area contributed by atoms with E-state index in [1.807, 2.05) is 30.3 Å². The van der Waals surface area contributed by atoms with Crippen LogP contribution in [-0.4, -0.2) is 47.7 Å². The molecule has 7 heteroatoms. The highest BCUT2D eigenvalue weighted by Gasteiger charge is 2.52. The average molecular weight is 403 g/mol.